The van der Waals surface area contributed by atoms with Gasteiger partial charge >= 0.3 is 0 Å². The molecule has 0 bridgehead atoms. The minimum absolute atomic E-state index is 0.676. The molecule has 0 spiro atoms. The fourth-order valence-electron chi connectivity index (χ4n) is 2.26. The van der Waals surface area contributed by atoms with Gasteiger partial charge in [0.05, 0.1) is 0 Å². The van der Waals surface area contributed by atoms with Crippen LogP contribution in [-0.4, -0.2) is 27.8 Å². The SMILES string of the molecule is Brc1ccc2nnc(CC3CCOCC3)n2c1. The maximum atomic E-state index is 5.38. The number of halogens is 1. The van der Waals surface area contributed by atoms with E-state index in [1.54, 1.807) is 0 Å². The molecule has 1 fully saturated rings. The molecule has 0 aromatic carbocycles. The first-order valence-electron chi connectivity index (χ1n) is 5.90. The fraction of sp³-hybridized carbons (Fsp3) is 0.500. The lowest BCUT2D eigenvalue weighted by Gasteiger charge is -2.20. The van der Waals surface area contributed by atoms with E-state index in [2.05, 4.69) is 30.5 Å². The van der Waals surface area contributed by atoms with Gasteiger partial charge in [0.15, 0.2) is 5.65 Å². The number of nitrogens with zero attached hydrogens (tertiary/aromatic N) is 3. The van der Waals surface area contributed by atoms with Crippen LogP contribution in [0.15, 0.2) is 22.8 Å². The van der Waals surface area contributed by atoms with Gasteiger partial charge in [0.2, 0.25) is 0 Å². The Labute approximate surface area is 108 Å². The van der Waals surface area contributed by atoms with Crippen molar-refractivity contribution < 1.29 is 4.74 Å². The molecule has 0 aliphatic carbocycles. The van der Waals surface area contributed by atoms with Crippen LogP contribution in [0, 0.1) is 5.92 Å². The molecule has 3 heterocycles. The molecule has 0 radical (unpaired) electrons. The van der Waals surface area contributed by atoms with Crippen LogP contribution in [-0.2, 0) is 11.2 Å². The molecule has 0 amide bonds. The first kappa shape index (κ1) is 11.2. The summed E-state index contributed by atoms with van der Waals surface area (Å²) in [5.41, 5.74) is 0.912. The quantitative estimate of drug-likeness (QED) is 0.854. The molecule has 5 heteroatoms. The molecule has 90 valence electrons. The summed E-state index contributed by atoms with van der Waals surface area (Å²) in [6, 6.07) is 3.97. The van der Waals surface area contributed by atoms with Crippen LogP contribution in [0.25, 0.3) is 5.65 Å². The number of fused-ring (bicyclic) bond motifs is 1. The highest BCUT2D eigenvalue weighted by Crippen LogP contribution is 2.20. The monoisotopic (exact) mass is 295 g/mol. The maximum absolute atomic E-state index is 5.38. The van der Waals surface area contributed by atoms with Crippen LogP contribution in [0.1, 0.15) is 18.7 Å². The van der Waals surface area contributed by atoms with Crippen LogP contribution < -0.4 is 0 Å². The molecule has 1 aliphatic rings. The lowest BCUT2D eigenvalue weighted by atomic mass is 9.96. The van der Waals surface area contributed by atoms with E-state index in [1.165, 1.54) is 0 Å². The van der Waals surface area contributed by atoms with E-state index < -0.39 is 0 Å². The first-order valence-corrected chi connectivity index (χ1v) is 6.69. The molecule has 4 nitrogen and oxygen atoms in total. The van der Waals surface area contributed by atoms with Crippen LogP contribution >= 0.6 is 15.9 Å². The number of aromatic nitrogens is 3. The number of hydrogen-bond acceptors (Lipinski definition) is 3. The average molecular weight is 296 g/mol. The lowest BCUT2D eigenvalue weighted by molar-refractivity contribution is 0.0659. The summed E-state index contributed by atoms with van der Waals surface area (Å²) in [6.45, 7) is 1.76. The third-order valence-corrected chi connectivity index (χ3v) is 3.72. The summed E-state index contributed by atoms with van der Waals surface area (Å²) < 4.78 is 8.50. The van der Waals surface area contributed by atoms with Crippen molar-refractivity contribution in [2.75, 3.05) is 13.2 Å². The molecule has 0 N–H and O–H groups in total. The molecular formula is C12H14BrN3O. The zero-order chi connectivity index (χ0) is 11.7. The molecule has 0 saturated carbocycles. The van der Waals surface area contributed by atoms with Gasteiger partial charge in [-0.3, -0.25) is 4.40 Å². The van der Waals surface area contributed by atoms with Crippen LogP contribution in [0.4, 0.5) is 0 Å². The van der Waals surface area contributed by atoms with Crippen molar-refractivity contribution in [2.24, 2.45) is 5.92 Å². The average Bonchev–Trinajstić information content (AvgIpc) is 2.73. The van der Waals surface area contributed by atoms with Crippen molar-refractivity contribution in [3.05, 3.63) is 28.6 Å². The molecule has 2 aromatic heterocycles. The van der Waals surface area contributed by atoms with Gasteiger partial charge in [-0.2, -0.15) is 0 Å². The van der Waals surface area contributed by atoms with E-state index in [4.69, 9.17) is 4.74 Å². The molecule has 1 aliphatic heterocycles. The topological polar surface area (TPSA) is 39.4 Å². The molecular weight excluding hydrogens is 282 g/mol. The predicted molar refractivity (Wildman–Crippen MR) is 67.9 cm³/mol. The largest absolute Gasteiger partial charge is 0.381 e. The highest BCUT2D eigenvalue weighted by Gasteiger charge is 2.17. The Bertz CT molecular complexity index is 519. The van der Waals surface area contributed by atoms with Crippen LogP contribution in [0.3, 0.4) is 0 Å². The van der Waals surface area contributed by atoms with E-state index in [0.717, 1.165) is 48.4 Å². The molecule has 3 rings (SSSR count). The van der Waals surface area contributed by atoms with Crippen molar-refractivity contribution in [2.45, 2.75) is 19.3 Å². The zero-order valence-corrected chi connectivity index (χ0v) is 11.1. The minimum Gasteiger partial charge on any atom is -0.381 e. The predicted octanol–water partition coefficient (Wildman–Crippen LogP) is 2.46. The Balaban J connectivity index is 1.86. The van der Waals surface area contributed by atoms with Crippen LogP contribution in [0.5, 0.6) is 0 Å². The van der Waals surface area contributed by atoms with Crippen molar-refractivity contribution in [3.63, 3.8) is 0 Å². The normalized spacial score (nSPS) is 17.7. The third kappa shape index (κ3) is 2.35. The van der Waals surface area contributed by atoms with Gasteiger partial charge in [0.25, 0.3) is 0 Å². The van der Waals surface area contributed by atoms with Gasteiger partial charge in [0.1, 0.15) is 5.82 Å². The maximum Gasteiger partial charge on any atom is 0.160 e. The molecule has 17 heavy (non-hydrogen) atoms. The van der Waals surface area contributed by atoms with Crippen molar-refractivity contribution in [3.8, 4) is 0 Å². The van der Waals surface area contributed by atoms with Gasteiger partial charge < -0.3 is 4.74 Å². The van der Waals surface area contributed by atoms with Crippen molar-refractivity contribution in [1.82, 2.24) is 14.6 Å². The molecule has 0 unspecified atom stereocenters. The highest BCUT2D eigenvalue weighted by molar-refractivity contribution is 9.10. The smallest absolute Gasteiger partial charge is 0.160 e. The number of ether oxygens (including phenoxy) is 1. The van der Waals surface area contributed by atoms with Crippen molar-refractivity contribution >= 4 is 21.6 Å². The Morgan fingerprint density at radius 1 is 1.29 bits per heavy atom. The summed E-state index contributed by atoms with van der Waals surface area (Å²) in [7, 11) is 0. The van der Waals surface area contributed by atoms with Crippen molar-refractivity contribution in [1.29, 1.82) is 0 Å². The van der Waals surface area contributed by atoms with Gasteiger partial charge in [-0.15, -0.1) is 10.2 Å². The molecule has 1 saturated heterocycles. The van der Waals surface area contributed by atoms with E-state index in [9.17, 15) is 0 Å². The second-order valence-corrected chi connectivity index (χ2v) is 5.37. The first-order chi connectivity index (χ1) is 8.33. The molecule has 0 atom stereocenters. The van der Waals surface area contributed by atoms with E-state index >= 15 is 0 Å². The van der Waals surface area contributed by atoms with E-state index in [0.29, 0.717) is 5.92 Å². The standard InChI is InChI=1S/C12H14BrN3O/c13-10-1-2-11-14-15-12(16(11)8-10)7-9-3-5-17-6-4-9/h1-2,8-9H,3-7H2. The Morgan fingerprint density at radius 3 is 2.94 bits per heavy atom. The summed E-state index contributed by atoms with van der Waals surface area (Å²) in [5.74, 6) is 1.73. The summed E-state index contributed by atoms with van der Waals surface area (Å²) >= 11 is 3.48. The molecule has 2 aromatic rings. The second kappa shape index (κ2) is 4.74. The summed E-state index contributed by atoms with van der Waals surface area (Å²) in [4.78, 5) is 0. The zero-order valence-electron chi connectivity index (χ0n) is 9.47. The minimum atomic E-state index is 0.676. The lowest BCUT2D eigenvalue weighted by Crippen LogP contribution is -2.18. The van der Waals surface area contributed by atoms with Crippen LogP contribution in [0.2, 0.25) is 0 Å². The number of hydrogen-bond donors (Lipinski definition) is 0. The van der Waals surface area contributed by atoms with E-state index in [-0.39, 0.29) is 0 Å². The highest BCUT2D eigenvalue weighted by atomic mass is 79.9. The second-order valence-electron chi connectivity index (χ2n) is 4.45. The Hall–Kier alpha value is -0.940. The van der Waals surface area contributed by atoms with Gasteiger partial charge in [-0.05, 0) is 46.8 Å². The van der Waals surface area contributed by atoms with Gasteiger partial charge in [-0.1, -0.05) is 0 Å². The Kier molecular flexibility index (Phi) is 3.11. The number of pyridine rings is 1. The van der Waals surface area contributed by atoms with E-state index in [1.807, 2.05) is 18.3 Å². The summed E-state index contributed by atoms with van der Waals surface area (Å²) in [6.07, 6.45) is 5.27. The summed E-state index contributed by atoms with van der Waals surface area (Å²) in [5, 5.41) is 8.47. The fourth-order valence-corrected chi connectivity index (χ4v) is 2.60. The van der Waals surface area contributed by atoms with Gasteiger partial charge in [-0.25, -0.2) is 0 Å². The van der Waals surface area contributed by atoms with Gasteiger partial charge in [0, 0.05) is 30.3 Å². The number of rotatable bonds is 2. The Morgan fingerprint density at radius 2 is 2.12 bits per heavy atom. The third-order valence-electron chi connectivity index (χ3n) is 3.25.